The largest absolute Gasteiger partial charge is 0.490 e. The van der Waals surface area contributed by atoms with E-state index in [1.54, 1.807) is 6.08 Å². The molecule has 1 aromatic carbocycles. The molecule has 0 spiro atoms. The zero-order chi connectivity index (χ0) is 12.1. The Hall–Kier alpha value is -2.29. The molecule has 0 saturated heterocycles. The second-order valence-electron chi connectivity index (χ2n) is 3.46. The SMILES string of the molecule is COc1coc(/C=C\c2ccccc2)cc1=O. The lowest BCUT2D eigenvalue weighted by Gasteiger charge is -1.97. The maximum atomic E-state index is 11.5. The quantitative estimate of drug-likeness (QED) is 0.810. The Morgan fingerprint density at radius 2 is 1.94 bits per heavy atom. The van der Waals surface area contributed by atoms with Crippen molar-refractivity contribution < 1.29 is 9.15 Å². The lowest BCUT2D eigenvalue weighted by atomic mass is 10.2. The average Bonchev–Trinajstić information content (AvgIpc) is 2.38. The number of ether oxygens (including phenoxy) is 1. The molecule has 0 unspecified atom stereocenters. The van der Waals surface area contributed by atoms with Crippen LogP contribution in [0.4, 0.5) is 0 Å². The Labute approximate surface area is 99.0 Å². The van der Waals surface area contributed by atoms with Gasteiger partial charge < -0.3 is 9.15 Å². The monoisotopic (exact) mass is 228 g/mol. The highest BCUT2D eigenvalue weighted by molar-refractivity contribution is 5.67. The summed E-state index contributed by atoms with van der Waals surface area (Å²) < 4.78 is 10.1. The molecule has 0 saturated carbocycles. The molecule has 0 bridgehead atoms. The van der Waals surface area contributed by atoms with Crippen molar-refractivity contribution in [3.8, 4) is 5.75 Å². The van der Waals surface area contributed by atoms with E-state index in [1.165, 1.54) is 19.4 Å². The van der Waals surface area contributed by atoms with Gasteiger partial charge in [0.2, 0.25) is 11.2 Å². The van der Waals surface area contributed by atoms with E-state index in [4.69, 9.17) is 9.15 Å². The highest BCUT2D eigenvalue weighted by Crippen LogP contribution is 2.09. The molecule has 1 heterocycles. The van der Waals surface area contributed by atoms with Crippen LogP contribution in [-0.2, 0) is 0 Å². The molecule has 0 aliphatic carbocycles. The summed E-state index contributed by atoms with van der Waals surface area (Å²) in [5, 5.41) is 0. The Balaban J connectivity index is 2.22. The fraction of sp³-hybridized carbons (Fsp3) is 0.0714. The van der Waals surface area contributed by atoms with Gasteiger partial charge in [-0.15, -0.1) is 0 Å². The normalized spacial score (nSPS) is 10.6. The number of methoxy groups -OCH3 is 1. The molecule has 0 N–H and O–H groups in total. The van der Waals surface area contributed by atoms with Gasteiger partial charge in [-0.3, -0.25) is 4.79 Å². The fourth-order valence-electron chi connectivity index (χ4n) is 1.39. The Morgan fingerprint density at radius 3 is 2.59 bits per heavy atom. The first kappa shape index (κ1) is 11.2. The van der Waals surface area contributed by atoms with Gasteiger partial charge in [-0.1, -0.05) is 36.4 Å². The summed E-state index contributed by atoms with van der Waals surface area (Å²) in [7, 11) is 1.44. The Kier molecular flexibility index (Phi) is 3.40. The number of hydrogen-bond acceptors (Lipinski definition) is 3. The second-order valence-corrected chi connectivity index (χ2v) is 3.46. The summed E-state index contributed by atoms with van der Waals surface area (Å²) in [4.78, 5) is 11.5. The van der Waals surface area contributed by atoms with Crippen LogP contribution in [0, 0.1) is 0 Å². The van der Waals surface area contributed by atoms with Crippen LogP contribution in [0.3, 0.4) is 0 Å². The van der Waals surface area contributed by atoms with E-state index < -0.39 is 0 Å². The maximum Gasteiger partial charge on any atom is 0.227 e. The minimum atomic E-state index is -0.188. The van der Waals surface area contributed by atoms with Crippen molar-refractivity contribution >= 4 is 12.2 Å². The lowest BCUT2D eigenvalue weighted by Crippen LogP contribution is -2.03. The third-order valence-corrected chi connectivity index (χ3v) is 2.28. The van der Waals surface area contributed by atoms with Crippen molar-refractivity contribution in [3.63, 3.8) is 0 Å². The van der Waals surface area contributed by atoms with Crippen LogP contribution in [0.25, 0.3) is 12.2 Å². The predicted molar refractivity (Wildman–Crippen MR) is 66.9 cm³/mol. The molecule has 3 heteroatoms. The molecule has 0 aliphatic rings. The molecule has 0 radical (unpaired) electrons. The van der Waals surface area contributed by atoms with E-state index in [0.717, 1.165) is 5.56 Å². The minimum absolute atomic E-state index is 0.188. The van der Waals surface area contributed by atoms with Crippen LogP contribution in [0.2, 0.25) is 0 Å². The van der Waals surface area contributed by atoms with Crippen molar-refractivity contribution in [1.29, 1.82) is 0 Å². The summed E-state index contributed by atoms with van der Waals surface area (Å²) in [6.07, 6.45) is 4.94. The summed E-state index contributed by atoms with van der Waals surface area (Å²) in [6.45, 7) is 0. The van der Waals surface area contributed by atoms with E-state index in [9.17, 15) is 4.79 Å². The minimum Gasteiger partial charge on any atom is -0.490 e. The predicted octanol–water partition coefficient (Wildman–Crippen LogP) is 2.82. The summed E-state index contributed by atoms with van der Waals surface area (Å²) >= 11 is 0. The number of benzene rings is 1. The van der Waals surface area contributed by atoms with Crippen molar-refractivity contribution in [2.75, 3.05) is 7.11 Å². The highest BCUT2D eigenvalue weighted by atomic mass is 16.5. The van der Waals surface area contributed by atoms with Crippen molar-refractivity contribution in [2.45, 2.75) is 0 Å². The zero-order valence-electron chi connectivity index (χ0n) is 9.42. The van der Waals surface area contributed by atoms with Gasteiger partial charge in [0.05, 0.1) is 7.11 Å². The molecule has 0 fully saturated rings. The van der Waals surface area contributed by atoms with E-state index in [1.807, 2.05) is 36.4 Å². The van der Waals surface area contributed by atoms with Crippen molar-refractivity contribution in [2.24, 2.45) is 0 Å². The topological polar surface area (TPSA) is 39.4 Å². The molecule has 17 heavy (non-hydrogen) atoms. The van der Waals surface area contributed by atoms with Gasteiger partial charge in [-0.25, -0.2) is 0 Å². The third kappa shape index (κ3) is 2.84. The molecule has 0 atom stereocenters. The van der Waals surface area contributed by atoms with Crippen LogP contribution in [-0.4, -0.2) is 7.11 Å². The molecule has 2 aromatic rings. The molecule has 2 rings (SSSR count). The van der Waals surface area contributed by atoms with Crippen LogP contribution >= 0.6 is 0 Å². The molecule has 86 valence electrons. The first-order chi connectivity index (χ1) is 8.29. The van der Waals surface area contributed by atoms with Gasteiger partial charge in [0, 0.05) is 6.07 Å². The number of rotatable bonds is 3. The summed E-state index contributed by atoms with van der Waals surface area (Å²) in [5.74, 6) is 0.710. The fourth-order valence-corrected chi connectivity index (χ4v) is 1.39. The smallest absolute Gasteiger partial charge is 0.227 e. The van der Waals surface area contributed by atoms with Crippen LogP contribution in [0.15, 0.2) is 51.9 Å². The van der Waals surface area contributed by atoms with E-state index in [0.29, 0.717) is 5.76 Å². The molecule has 3 nitrogen and oxygen atoms in total. The van der Waals surface area contributed by atoms with Crippen molar-refractivity contribution in [3.05, 3.63) is 64.2 Å². The van der Waals surface area contributed by atoms with Gasteiger partial charge in [-0.2, -0.15) is 0 Å². The van der Waals surface area contributed by atoms with Gasteiger partial charge in [0.1, 0.15) is 12.0 Å². The summed E-state index contributed by atoms with van der Waals surface area (Å²) in [6, 6.07) is 11.2. The average molecular weight is 228 g/mol. The Bertz CT molecular complexity index is 568. The zero-order valence-corrected chi connectivity index (χ0v) is 9.42. The molecular weight excluding hydrogens is 216 g/mol. The molecule has 0 aliphatic heterocycles. The second kappa shape index (κ2) is 5.16. The lowest BCUT2D eigenvalue weighted by molar-refractivity contribution is 0.385. The standard InChI is InChI=1S/C14H12O3/c1-16-14-10-17-12(9-13(14)15)8-7-11-5-3-2-4-6-11/h2-10H,1H3/b8-7-. The first-order valence-corrected chi connectivity index (χ1v) is 5.19. The van der Waals surface area contributed by atoms with E-state index in [2.05, 4.69) is 0 Å². The van der Waals surface area contributed by atoms with Crippen LogP contribution in [0.1, 0.15) is 11.3 Å². The molecule has 0 amide bonds. The van der Waals surface area contributed by atoms with Gasteiger partial charge in [0.25, 0.3) is 0 Å². The Morgan fingerprint density at radius 1 is 1.18 bits per heavy atom. The first-order valence-electron chi connectivity index (χ1n) is 5.19. The van der Waals surface area contributed by atoms with Gasteiger partial charge >= 0.3 is 0 Å². The van der Waals surface area contributed by atoms with E-state index in [-0.39, 0.29) is 11.2 Å². The van der Waals surface area contributed by atoms with Gasteiger partial charge in [-0.05, 0) is 11.6 Å². The number of hydrogen-bond donors (Lipinski definition) is 0. The molecular formula is C14H12O3. The maximum absolute atomic E-state index is 11.5. The third-order valence-electron chi connectivity index (χ3n) is 2.28. The van der Waals surface area contributed by atoms with Gasteiger partial charge in [0.15, 0.2) is 0 Å². The highest BCUT2D eigenvalue weighted by Gasteiger charge is 2.00. The summed E-state index contributed by atoms with van der Waals surface area (Å²) in [5.41, 5.74) is 0.859. The van der Waals surface area contributed by atoms with Crippen LogP contribution < -0.4 is 10.2 Å². The molecule has 1 aromatic heterocycles. The van der Waals surface area contributed by atoms with Crippen LogP contribution in [0.5, 0.6) is 5.75 Å². The van der Waals surface area contributed by atoms with E-state index >= 15 is 0 Å². The van der Waals surface area contributed by atoms with Crippen molar-refractivity contribution in [1.82, 2.24) is 0 Å².